The molecule has 1 aromatic heterocycles. The fourth-order valence-electron chi connectivity index (χ4n) is 2.22. The van der Waals surface area contributed by atoms with Crippen molar-refractivity contribution in [3.05, 3.63) is 18.0 Å². The van der Waals surface area contributed by atoms with E-state index in [-0.39, 0.29) is 12.5 Å². The molecule has 1 amide bonds. The first kappa shape index (κ1) is 11.0. The Morgan fingerprint density at radius 2 is 2.25 bits per heavy atom. The van der Waals surface area contributed by atoms with E-state index < -0.39 is 5.54 Å². The molecule has 1 fully saturated rings. The summed E-state index contributed by atoms with van der Waals surface area (Å²) in [5, 5.41) is 12.3. The van der Waals surface area contributed by atoms with Gasteiger partial charge in [0.25, 0.3) is 5.91 Å². The van der Waals surface area contributed by atoms with Crippen LogP contribution >= 0.6 is 0 Å². The molecule has 1 aliphatic carbocycles. The van der Waals surface area contributed by atoms with E-state index in [1.54, 1.807) is 12.3 Å². The van der Waals surface area contributed by atoms with Crippen molar-refractivity contribution in [2.45, 2.75) is 31.2 Å². The number of hydrogen-bond acceptors (Lipinski definition) is 3. The predicted molar refractivity (Wildman–Crippen MR) is 61.0 cm³/mol. The third kappa shape index (κ3) is 2.04. The minimum Gasteiger partial charge on any atom is -0.397 e. The van der Waals surface area contributed by atoms with Crippen LogP contribution in [0.3, 0.4) is 0 Å². The van der Waals surface area contributed by atoms with Gasteiger partial charge >= 0.3 is 0 Å². The van der Waals surface area contributed by atoms with Crippen LogP contribution in [-0.4, -0.2) is 28.1 Å². The van der Waals surface area contributed by atoms with Gasteiger partial charge in [-0.25, -0.2) is 0 Å². The largest absolute Gasteiger partial charge is 0.397 e. The molecular formula is C11H17N3O2. The van der Waals surface area contributed by atoms with Crippen molar-refractivity contribution < 1.29 is 9.90 Å². The van der Waals surface area contributed by atoms with Gasteiger partial charge in [0.2, 0.25) is 0 Å². The SMILES string of the molecule is Nc1c[nH]c(C(=O)NC2(CO)CCCC2)c1. The molecule has 1 heterocycles. The zero-order valence-corrected chi connectivity index (χ0v) is 9.12. The predicted octanol–water partition coefficient (Wildman–Crippen LogP) is 0.632. The molecule has 0 bridgehead atoms. The first-order valence-corrected chi connectivity index (χ1v) is 5.52. The second kappa shape index (κ2) is 4.17. The van der Waals surface area contributed by atoms with E-state index in [9.17, 15) is 9.90 Å². The second-order valence-corrected chi connectivity index (χ2v) is 4.45. The molecule has 0 aliphatic heterocycles. The third-order valence-electron chi connectivity index (χ3n) is 3.19. The quantitative estimate of drug-likeness (QED) is 0.605. The Bertz CT molecular complexity index is 380. The first-order valence-electron chi connectivity index (χ1n) is 5.52. The maximum Gasteiger partial charge on any atom is 0.268 e. The number of carbonyl (C=O) groups is 1. The van der Waals surface area contributed by atoms with Gasteiger partial charge in [-0.05, 0) is 18.9 Å². The molecule has 0 aromatic carbocycles. The number of carbonyl (C=O) groups excluding carboxylic acids is 1. The van der Waals surface area contributed by atoms with Gasteiger partial charge in [0.15, 0.2) is 0 Å². The number of aliphatic hydroxyl groups excluding tert-OH is 1. The average molecular weight is 223 g/mol. The Labute approximate surface area is 94.0 Å². The van der Waals surface area contributed by atoms with E-state index in [4.69, 9.17) is 5.73 Å². The Hall–Kier alpha value is -1.49. The third-order valence-corrected chi connectivity index (χ3v) is 3.19. The van der Waals surface area contributed by atoms with Crippen LogP contribution in [0.5, 0.6) is 0 Å². The normalized spacial score (nSPS) is 18.6. The van der Waals surface area contributed by atoms with E-state index in [1.165, 1.54) is 0 Å². The zero-order valence-electron chi connectivity index (χ0n) is 9.12. The van der Waals surface area contributed by atoms with Gasteiger partial charge in [0, 0.05) is 11.9 Å². The smallest absolute Gasteiger partial charge is 0.268 e. The van der Waals surface area contributed by atoms with Crippen LogP contribution in [0.2, 0.25) is 0 Å². The van der Waals surface area contributed by atoms with Gasteiger partial charge in [-0.2, -0.15) is 0 Å². The number of nitrogens with one attached hydrogen (secondary N) is 2. The molecule has 0 atom stereocenters. The molecule has 1 saturated carbocycles. The summed E-state index contributed by atoms with van der Waals surface area (Å²) < 4.78 is 0. The van der Waals surface area contributed by atoms with Gasteiger partial charge in [-0.1, -0.05) is 12.8 Å². The van der Waals surface area contributed by atoms with Crippen molar-refractivity contribution in [1.29, 1.82) is 0 Å². The van der Waals surface area contributed by atoms with E-state index in [2.05, 4.69) is 10.3 Å². The molecule has 0 radical (unpaired) electrons. The minimum atomic E-state index is -0.434. The van der Waals surface area contributed by atoms with Crippen LogP contribution in [0, 0.1) is 0 Å². The number of H-pyrrole nitrogens is 1. The van der Waals surface area contributed by atoms with E-state index in [0.717, 1.165) is 25.7 Å². The molecule has 1 aromatic rings. The first-order chi connectivity index (χ1) is 7.65. The van der Waals surface area contributed by atoms with Crippen LogP contribution in [0.15, 0.2) is 12.3 Å². The summed E-state index contributed by atoms with van der Waals surface area (Å²) >= 11 is 0. The summed E-state index contributed by atoms with van der Waals surface area (Å²) in [5.74, 6) is -0.201. The van der Waals surface area contributed by atoms with Gasteiger partial charge in [0.05, 0.1) is 12.1 Å². The lowest BCUT2D eigenvalue weighted by Gasteiger charge is -2.27. The molecule has 0 spiro atoms. The molecular weight excluding hydrogens is 206 g/mol. The molecule has 0 saturated heterocycles. The number of nitrogens with two attached hydrogens (primary N) is 1. The fraction of sp³-hybridized carbons (Fsp3) is 0.545. The van der Waals surface area contributed by atoms with Gasteiger partial charge in [-0.3, -0.25) is 4.79 Å². The van der Waals surface area contributed by atoms with Crippen LogP contribution in [0.4, 0.5) is 5.69 Å². The number of aromatic nitrogens is 1. The second-order valence-electron chi connectivity index (χ2n) is 4.45. The number of hydrogen-bond donors (Lipinski definition) is 4. The lowest BCUT2D eigenvalue weighted by molar-refractivity contribution is 0.0834. The maximum absolute atomic E-state index is 11.9. The summed E-state index contributed by atoms with van der Waals surface area (Å²) in [6.45, 7) is -0.00503. The lowest BCUT2D eigenvalue weighted by Crippen LogP contribution is -2.49. The summed E-state index contributed by atoms with van der Waals surface area (Å²) in [6.07, 6.45) is 5.35. The number of aromatic amines is 1. The van der Waals surface area contributed by atoms with E-state index in [0.29, 0.717) is 11.4 Å². The molecule has 5 heteroatoms. The summed E-state index contributed by atoms with van der Waals surface area (Å²) in [5.41, 5.74) is 6.07. The number of amides is 1. The number of anilines is 1. The molecule has 16 heavy (non-hydrogen) atoms. The summed E-state index contributed by atoms with van der Waals surface area (Å²) in [4.78, 5) is 14.7. The highest BCUT2D eigenvalue weighted by atomic mass is 16.3. The van der Waals surface area contributed by atoms with Crippen LogP contribution in [-0.2, 0) is 0 Å². The van der Waals surface area contributed by atoms with Crippen LogP contribution < -0.4 is 11.1 Å². The Kier molecular flexibility index (Phi) is 2.87. The lowest BCUT2D eigenvalue weighted by atomic mass is 9.99. The van der Waals surface area contributed by atoms with Crippen molar-refractivity contribution >= 4 is 11.6 Å². The molecule has 5 nitrogen and oxygen atoms in total. The standard InChI is InChI=1S/C11H17N3O2/c12-8-5-9(13-6-8)10(16)14-11(7-15)3-1-2-4-11/h5-6,13,15H,1-4,7,12H2,(H,14,16). The number of aliphatic hydroxyl groups is 1. The van der Waals surface area contributed by atoms with Crippen LogP contribution in [0.1, 0.15) is 36.2 Å². The molecule has 88 valence electrons. The molecule has 1 aliphatic rings. The summed E-state index contributed by atoms with van der Waals surface area (Å²) in [6, 6.07) is 1.59. The highest BCUT2D eigenvalue weighted by Gasteiger charge is 2.34. The Balaban J connectivity index is 2.06. The average Bonchev–Trinajstić information content (AvgIpc) is 2.88. The maximum atomic E-state index is 11.9. The van der Waals surface area contributed by atoms with E-state index >= 15 is 0 Å². The van der Waals surface area contributed by atoms with Gasteiger partial charge in [0.1, 0.15) is 5.69 Å². The number of rotatable bonds is 3. The van der Waals surface area contributed by atoms with Crippen molar-refractivity contribution in [1.82, 2.24) is 10.3 Å². The molecule has 2 rings (SSSR count). The molecule has 0 unspecified atom stereocenters. The summed E-state index contributed by atoms with van der Waals surface area (Å²) in [7, 11) is 0. The topological polar surface area (TPSA) is 91.1 Å². The Morgan fingerprint density at radius 1 is 1.56 bits per heavy atom. The van der Waals surface area contributed by atoms with Crippen molar-refractivity contribution in [2.24, 2.45) is 0 Å². The van der Waals surface area contributed by atoms with E-state index in [1.807, 2.05) is 0 Å². The Morgan fingerprint density at radius 3 is 2.75 bits per heavy atom. The number of nitrogen functional groups attached to an aromatic ring is 1. The zero-order chi connectivity index (χ0) is 11.6. The van der Waals surface area contributed by atoms with Crippen molar-refractivity contribution in [2.75, 3.05) is 12.3 Å². The van der Waals surface area contributed by atoms with Gasteiger partial charge < -0.3 is 21.1 Å². The minimum absolute atomic E-state index is 0.00503. The highest BCUT2D eigenvalue weighted by molar-refractivity contribution is 5.93. The van der Waals surface area contributed by atoms with Crippen LogP contribution in [0.25, 0.3) is 0 Å². The fourth-order valence-corrected chi connectivity index (χ4v) is 2.22. The monoisotopic (exact) mass is 223 g/mol. The molecule has 5 N–H and O–H groups in total. The van der Waals surface area contributed by atoms with Crippen molar-refractivity contribution in [3.8, 4) is 0 Å². The highest BCUT2D eigenvalue weighted by Crippen LogP contribution is 2.29. The van der Waals surface area contributed by atoms with Crippen molar-refractivity contribution in [3.63, 3.8) is 0 Å². The van der Waals surface area contributed by atoms with Gasteiger partial charge in [-0.15, -0.1) is 0 Å².